The molecule has 1 saturated carbocycles. The molecule has 2 heterocycles. The van der Waals surface area contributed by atoms with E-state index >= 15 is 0 Å². The highest BCUT2D eigenvalue weighted by atomic mass is 16.5. The molecule has 2 aliphatic rings. The zero-order valence-electron chi connectivity index (χ0n) is 13.5. The first-order chi connectivity index (χ1) is 10.3. The third kappa shape index (κ3) is 3.01. The highest BCUT2D eigenvalue weighted by Crippen LogP contribution is 2.39. The van der Waals surface area contributed by atoms with Gasteiger partial charge in [0, 0.05) is 5.92 Å². The lowest BCUT2D eigenvalue weighted by atomic mass is 9.76. The number of nitrogens with one attached hydrogen (secondary N) is 1. The summed E-state index contributed by atoms with van der Waals surface area (Å²) in [7, 11) is 0. The van der Waals surface area contributed by atoms with Crippen LogP contribution < -0.4 is 5.32 Å². The lowest BCUT2D eigenvalue weighted by Crippen LogP contribution is -2.39. The third-order valence-electron chi connectivity index (χ3n) is 5.86. The third-order valence-corrected chi connectivity index (χ3v) is 5.86. The Bertz CT molecular complexity index is 451. The summed E-state index contributed by atoms with van der Waals surface area (Å²) >= 11 is 0. The number of piperidine rings is 1. The molecular formula is C17H29N3O. The summed E-state index contributed by atoms with van der Waals surface area (Å²) in [5.74, 6) is 3.26. The Morgan fingerprint density at radius 3 is 2.76 bits per heavy atom. The standard InChI is InChI=1S/C17H29N3O/c1-3-13-6-5-7-14(12-13)15-19-16(21-20-15)17(4-2)8-10-18-11-9-17/h13-14,18H,3-12H2,1-2H3. The van der Waals surface area contributed by atoms with E-state index in [2.05, 4.69) is 24.3 Å². The van der Waals surface area contributed by atoms with E-state index in [0.717, 1.165) is 50.0 Å². The van der Waals surface area contributed by atoms with E-state index in [0.29, 0.717) is 5.92 Å². The van der Waals surface area contributed by atoms with Gasteiger partial charge >= 0.3 is 0 Å². The molecule has 2 fully saturated rings. The Morgan fingerprint density at radius 1 is 1.24 bits per heavy atom. The lowest BCUT2D eigenvalue weighted by molar-refractivity contribution is 0.215. The van der Waals surface area contributed by atoms with E-state index in [1.165, 1.54) is 32.1 Å². The van der Waals surface area contributed by atoms with Crippen LogP contribution in [0, 0.1) is 5.92 Å². The largest absolute Gasteiger partial charge is 0.339 e. The fourth-order valence-electron chi connectivity index (χ4n) is 4.14. The van der Waals surface area contributed by atoms with Crippen LogP contribution in [-0.2, 0) is 5.41 Å². The Labute approximate surface area is 128 Å². The molecule has 1 aromatic heterocycles. The number of hydrogen-bond acceptors (Lipinski definition) is 4. The smallest absolute Gasteiger partial charge is 0.232 e. The van der Waals surface area contributed by atoms with Crippen molar-refractivity contribution in [2.75, 3.05) is 13.1 Å². The first-order valence-electron chi connectivity index (χ1n) is 8.82. The summed E-state index contributed by atoms with van der Waals surface area (Å²) in [6.45, 7) is 6.68. The Morgan fingerprint density at radius 2 is 2.05 bits per heavy atom. The van der Waals surface area contributed by atoms with Gasteiger partial charge in [0.15, 0.2) is 5.82 Å². The van der Waals surface area contributed by atoms with Crippen molar-refractivity contribution in [2.45, 2.75) is 76.5 Å². The van der Waals surface area contributed by atoms with Crippen LogP contribution in [0.4, 0.5) is 0 Å². The van der Waals surface area contributed by atoms with E-state index in [4.69, 9.17) is 9.51 Å². The predicted molar refractivity (Wildman–Crippen MR) is 83.4 cm³/mol. The molecule has 1 aliphatic carbocycles. The Kier molecular flexibility index (Phi) is 4.63. The van der Waals surface area contributed by atoms with Gasteiger partial charge in [-0.1, -0.05) is 38.3 Å². The summed E-state index contributed by atoms with van der Waals surface area (Å²) < 4.78 is 5.73. The van der Waals surface area contributed by atoms with Gasteiger partial charge in [0.1, 0.15) is 0 Å². The molecule has 0 bridgehead atoms. The van der Waals surface area contributed by atoms with Crippen LogP contribution >= 0.6 is 0 Å². The molecule has 1 N–H and O–H groups in total. The molecule has 1 aliphatic heterocycles. The molecule has 4 nitrogen and oxygen atoms in total. The Balaban J connectivity index is 1.76. The SMILES string of the molecule is CCC1CCCC(c2noc(C3(CC)CCNCC3)n2)C1. The Hall–Kier alpha value is -0.900. The normalized spacial score (nSPS) is 29.4. The summed E-state index contributed by atoms with van der Waals surface area (Å²) in [4.78, 5) is 4.86. The maximum absolute atomic E-state index is 5.73. The molecule has 2 unspecified atom stereocenters. The van der Waals surface area contributed by atoms with Crippen molar-refractivity contribution < 1.29 is 4.52 Å². The van der Waals surface area contributed by atoms with Crippen LogP contribution in [0.25, 0.3) is 0 Å². The zero-order chi connectivity index (χ0) is 14.7. The van der Waals surface area contributed by atoms with Gasteiger partial charge in [0.25, 0.3) is 0 Å². The first kappa shape index (κ1) is 15.0. The topological polar surface area (TPSA) is 51.0 Å². The van der Waals surface area contributed by atoms with Gasteiger partial charge in [0.2, 0.25) is 5.89 Å². The van der Waals surface area contributed by atoms with Gasteiger partial charge in [-0.3, -0.25) is 0 Å². The van der Waals surface area contributed by atoms with Crippen LogP contribution in [0.1, 0.15) is 82.8 Å². The van der Waals surface area contributed by atoms with Gasteiger partial charge in [-0.05, 0) is 51.1 Å². The van der Waals surface area contributed by atoms with Crippen LogP contribution in [0.5, 0.6) is 0 Å². The summed E-state index contributed by atoms with van der Waals surface area (Å²) in [6, 6.07) is 0. The zero-order valence-corrected chi connectivity index (χ0v) is 13.5. The van der Waals surface area contributed by atoms with Crippen LogP contribution in [-0.4, -0.2) is 23.2 Å². The lowest BCUT2D eigenvalue weighted by Gasteiger charge is -2.33. The molecule has 3 rings (SSSR count). The van der Waals surface area contributed by atoms with Crippen molar-refractivity contribution in [1.82, 2.24) is 15.5 Å². The van der Waals surface area contributed by atoms with Gasteiger partial charge in [-0.2, -0.15) is 4.98 Å². The molecule has 21 heavy (non-hydrogen) atoms. The van der Waals surface area contributed by atoms with E-state index < -0.39 is 0 Å². The molecule has 1 saturated heterocycles. The first-order valence-corrected chi connectivity index (χ1v) is 8.82. The second-order valence-corrected chi connectivity index (χ2v) is 6.98. The van der Waals surface area contributed by atoms with Crippen LogP contribution in [0.2, 0.25) is 0 Å². The highest BCUT2D eigenvalue weighted by molar-refractivity contribution is 5.09. The number of aromatic nitrogens is 2. The number of hydrogen-bond donors (Lipinski definition) is 1. The number of rotatable bonds is 4. The summed E-state index contributed by atoms with van der Waals surface area (Å²) in [5, 5.41) is 7.81. The van der Waals surface area contributed by atoms with E-state index in [-0.39, 0.29) is 5.41 Å². The summed E-state index contributed by atoms with van der Waals surface area (Å²) in [6.07, 6.45) is 9.79. The van der Waals surface area contributed by atoms with Gasteiger partial charge < -0.3 is 9.84 Å². The molecular weight excluding hydrogens is 262 g/mol. The number of nitrogens with zero attached hydrogens (tertiary/aromatic N) is 2. The minimum absolute atomic E-state index is 0.120. The van der Waals surface area contributed by atoms with Crippen molar-refractivity contribution in [3.63, 3.8) is 0 Å². The van der Waals surface area contributed by atoms with Crippen molar-refractivity contribution in [3.8, 4) is 0 Å². The van der Waals surface area contributed by atoms with Gasteiger partial charge in [0.05, 0.1) is 5.41 Å². The van der Waals surface area contributed by atoms with Crippen LogP contribution in [0.3, 0.4) is 0 Å². The maximum atomic E-state index is 5.73. The minimum Gasteiger partial charge on any atom is -0.339 e. The second kappa shape index (κ2) is 6.47. The summed E-state index contributed by atoms with van der Waals surface area (Å²) in [5.41, 5.74) is 0.120. The van der Waals surface area contributed by atoms with Crippen LogP contribution in [0.15, 0.2) is 4.52 Å². The molecule has 1 aromatic rings. The minimum atomic E-state index is 0.120. The van der Waals surface area contributed by atoms with Crippen molar-refractivity contribution >= 4 is 0 Å². The molecule has 0 amide bonds. The van der Waals surface area contributed by atoms with E-state index in [9.17, 15) is 0 Å². The van der Waals surface area contributed by atoms with E-state index in [1.54, 1.807) is 0 Å². The van der Waals surface area contributed by atoms with Gasteiger partial charge in [-0.15, -0.1) is 0 Å². The van der Waals surface area contributed by atoms with Crippen molar-refractivity contribution in [1.29, 1.82) is 0 Å². The molecule has 4 heteroatoms. The monoisotopic (exact) mass is 291 g/mol. The molecule has 0 aromatic carbocycles. The van der Waals surface area contributed by atoms with Crippen molar-refractivity contribution in [2.24, 2.45) is 5.92 Å². The molecule has 118 valence electrons. The van der Waals surface area contributed by atoms with E-state index in [1.807, 2.05) is 0 Å². The van der Waals surface area contributed by atoms with Gasteiger partial charge in [-0.25, -0.2) is 0 Å². The fourth-order valence-corrected chi connectivity index (χ4v) is 4.14. The average Bonchev–Trinajstić information content (AvgIpc) is 3.06. The molecule has 0 spiro atoms. The average molecular weight is 291 g/mol. The second-order valence-electron chi connectivity index (χ2n) is 6.98. The maximum Gasteiger partial charge on any atom is 0.232 e. The molecule has 0 radical (unpaired) electrons. The van der Waals surface area contributed by atoms with Crippen molar-refractivity contribution in [3.05, 3.63) is 11.7 Å². The highest BCUT2D eigenvalue weighted by Gasteiger charge is 2.38. The fraction of sp³-hybridized carbons (Fsp3) is 0.882. The predicted octanol–water partition coefficient (Wildman–Crippen LogP) is 3.78. The quantitative estimate of drug-likeness (QED) is 0.917. The molecule has 2 atom stereocenters.